The summed E-state index contributed by atoms with van der Waals surface area (Å²) >= 11 is 6.20. The summed E-state index contributed by atoms with van der Waals surface area (Å²) in [6, 6.07) is 0. The quantitative estimate of drug-likeness (QED) is 0.464. The fraction of sp³-hybridized carbons (Fsp3) is 0.818. The van der Waals surface area contributed by atoms with E-state index >= 15 is 0 Å². The van der Waals surface area contributed by atoms with E-state index in [1.165, 1.54) is 50.5 Å². The smallest absolute Gasteiger partial charge is 0.0724 e. The van der Waals surface area contributed by atoms with Gasteiger partial charge in [0.25, 0.3) is 0 Å². The molecule has 6 atom stereocenters. The second-order valence-corrected chi connectivity index (χ2v) is 9.79. The zero-order valence-electron chi connectivity index (χ0n) is 15.6. The van der Waals surface area contributed by atoms with Crippen LogP contribution in [-0.2, 0) is 0 Å². The lowest BCUT2D eigenvalue weighted by atomic mass is 9.47. The molecule has 4 aliphatic carbocycles. The highest BCUT2D eigenvalue weighted by Crippen LogP contribution is 2.66. The Kier molecular flexibility index (Phi) is 4.20. The molecule has 2 heteroatoms. The standard InChI is InChI=1S/C22H33ClO/c1-14(13-23)18-6-7-19-17-5-4-15-12-16(24)8-10-21(15,2)20(17)9-11-22(18,19)3/h12,16-17,19-20,24H,4-11,13H2,1-3H3/b18-14+. The van der Waals surface area contributed by atoms with Crippen molar-refractivity contribution in [2.45, 2.75) is 78.2 Å². The van der Waals surface area contributed by atoms with Gasteiger partial charge in [-0.05, 0) is 86.9 Å². The number of aliphatic hydroxyl groups excluding tert-OH is 1. The second-order valence-electron chi connectivity index (χ2n) is 9.52. The highest BCUT2D eigenvalue weighted by molar-refractivity contribution is 6.19. The van der Waals surface area contributed by atoms with E-state index in [-0.39, 0.29) is 6.10 Å². The van der Waals surface area contributed by atoms with Crippen molar-refractivity contribution in [1.82, 2.24) is 0 Å². The normalized spacial score (nSPS) is 49.8. The molecule has 6 unspecified atom stereocenters. The molecule has 134 valence electrons. The number of rotatable bonds is 1. The maximum atomic E-state index is 10.1. The van der Waals surface area contributed by atoms with Crippen LogP contribution in [0.4, 0.5) is 0 Å². The van der Waals surface area contributed by atoms with Crippen LogP contribution in [0.2, 0.25) is 0 Å². The van der Waals surface area contributed by atoms with Gasteiger partial charge in [0.2, 0.25) is 0 Å². The average molecular weight is 349 g/mol. The SMILES string of the molecule is C/C(CCl)=C1/CCC2C3CCC4=CC(O)CCC4(C)C3CCC12C. The number of aliphatic hydroxyl groups is 1. The fourth-order valence-electron chi connectivity index (χ4n) is 7.30. The van der Waals surface area contributed by atoms with Gasteiger partial charge in [0.1, 0.15) is 0 Å². The van der Waals surface area contributed by atoms with E-state index in [0.717, 1.165) is 24.2 Å². The third-order valence-corrected chi connectivity index (χ3v) is 8.99. The summed E-state index contributed by atoms with van der Waals surface area (Å²) in [5, 5.41) is 10.1. The molecule has 0 amide bonds. The van der Waals surface area contributed by atoms with Crippen LogP contribution in [0.1, 0.15) is 72.1 Å². The molecular formula is C22H33ClO. The molecule has 4 rings (SSSR count). The van der Waals surface area contributed by atoms with E-state index in [4.69, 9.17) is 11.6 Å². The number of hydrogen-bond donors (Lipinski definition) is 1. The minimum absolute atomic E-state index is 0.189. The van der Waals surface area contributed by atoms with Crippen molar-refractivity contribution >= 4 is 11.6 Å². The number of hydrogen-bond acceptors (Lipinski definition) is 1. The van der Waals surface area contributed by atoms with E-state index < -0.39 is 0 Å². The monoisotopic (exact) mass is 348 g/mol. The van der Waals surface area contributed by atoms with E-state index in [2.05, 4.69) is 26.8 Å². The maximum absolute atomic E-state index is 10.1. The van der Waals surface area contributed by atoms with E-state index in [1.807, 2.05) is 0 Å². The van der Waals surface area contributed by atoms with Crippen LogP contribution in [0, 0.1) is 28.6 Å². The van der Waals surface area contributed by atoms with Gasteiger partial charge >= 0.3 is 0 Å². The molecule has 0 bridgehead atoms. The van der Waals surface area contributed by atoms with Gasteiger partial charge in [-0.25, -0.2) is 0 Å². The fourth-order valence-corrected chi connectivity index (χ4v) is 7.47. The third kappa shape index (κ3) is 2.30. The molecule has 0 heterocycles. The Bertz CT molecular complexity index is 591. The topological polar surface area (TPSA) is 20.2 Å². The Labute approximate surface area is 152 Å². The van der Waals surface area contributed by atoms with Crippen molar-refractivity contribution < 1.29 is 5.11 Å². The summed E-state index contributed by atoms with van der Waals surface area (Å²) < 4.78 is 0. The van der Waals surface area contributed by atoms with Crippen LogP contribution in [0.3, 0.4) is 0 Å². The molecule has 4 aliphatic rings. The lowest BCUT2D eigenvalue weighted by Gasteiger charge is -2.58. The van der Waals surface area contributed by atoms with Crippen molar-refractivity contribution in [3.63, 3.8) is 0 Å². The first-order chi connectivity index (χ1) is 11.4. The lowest BCUT2D eigenvalue weighted by molar-refractivity contribution is -0.0315. The first-order valence-corrected chi connectivity index (χ1v) is 10.6. The molecule has 0 aromatic carbocycles. The van der Waals surface area contributed by atoms with Crippen LogP contribution in [0.15, 0.2) is 22.8 Å². The van der Waals surface area contributed by atoms with Crippen molar-refractivity contribution in [2.75, 3.05) is 5.88 Å². The molecule has 0 radical (unpaired) electrons. The Morgan fingerprint density at radius 1 is 1.08 bits per heavy atom. The van der Waals surface area contributed by atoms with E-state index in [9.17, 15) is 5.11 Å². The average Bonchev–Trinajstić information content (AvgIpc) is 2.92. The highest BCUT2D eigenvalue weighted by atomic mass is 35.5. The van der Waals surface area contributed by atoms with Crippen molar-refractivity contribution in [2.24, 2.45) is 28.6 Å². The Balaban J connectivity index is 1.67. The second kappa shape index (κ2) is 5.88. The van der Waals surface area contributed by atoms with Crippen LogP contribution in [0.25, 0.3) is 0 Å². The molecule has 1 N–H and O–H groups in total. The lowest BCUT2D eigenvalue weighted by Crippen LogP contribution is -2.49. The van der Waals surface area contributed by atoms with Gasteiger partial charge < -0.3 is 5.11 Å². The maximum Gasteiger partial charge on any atom is 0.0724 e. The van der Waals surface area contributed by atoms with Crippen molar-refractivity contribution in [3.8, 4) is 0 Å². The number of allylic oxidation sites excluding steroid dienone is 3. The molecule has 1 nitrogen and oxygen atoms in total. The first kappa shape index (κ1) is 17.2. The summed E-state index contributed by atoms with van der Waals surface area (Å²) in [6.07, 6.45) is 12.1. The van der Waals surface area contributed by atoms with Crippen molar-refractivity contribution in [1.29, 1.82) is 0 Å². The minimum Gasteiger partial charge on any atom is -0.389 e. The van der Waals surface area contributed by atoms with Crippen LogP contribution >= 0.6 is 11.6 Å². The summed E-state index contributed by atoms with van der Waals surface area (Å²) in [4.78, 5) is 0. The largest absolute Gasteiger partial charge is 0.389 e. The molecule has 0 aromatic heterocycles. The molecule has 3 saturated carbocycles. The van der Waals surface area contributed by atoms with Gasteiger partial charge in [-0.1, -0.05) is 36.6 Å². The van der Waals surface area contributed by atoms with Crippen LogP contribution < -0.4 is 0 Å². The summed E-state index contributed by atoms with van der Waals surface area (Å²) in [5.74, 6) is 3.27. The molecule has 0 aliphatic heterocycles. The summed E-state index contributed by atoms with van der Waals surface area (Å²) in [6.45, 7) is 7.32. The molecular weight excluding hydrogens is 316 g/mol. The molecule has 0 saturated heterocycles. The highest BCUT2D eigenvalue weighted by Gasteiger charge is 2.57. The van der Waals surface area contributed by atoms with Gasteiger partial charge in [0, 0.05) is 5.88 Å². The predicted octanol–water partition coefficient (Wildman–Crippen LogP) is 5.87. The Morgan fingerprint density at radius 3 is 2.54 bits per heavy atom. The molecule has 24 heavy (non-hydrogen) atoms. The molecule has 3 fully saturated rings. The number of fused-ring (bicyclic) bond motifs is 5. The third-order valence-electron chi connectivity index (χ3n) is 8.59. The minimum atomic E-state index is -0.189. The van der Waals surface area contributed by atoms with Gasteiger partial charge in [0.05, 0.1) is 6.10 Å². The van der Waals surface area contributed by atoms with Gasteiger partial charge in [-0.2, -0.15) is 0 Å². The molecule has 0 spiro atoms. The van der Waals surface area contributed by atoms with Crippen LogP contribution in [0.5, 0.6) is 0 Å². The molecule has 0 aromatic rings. The van der Waals surface area contributed by atoms with E-state index in [0.29, 0.717) is 16.7 Å². The van der Waals surface area contributed by atoms with Gasteiger partial charge in [-0.15, -0.1) is 11.6 Å². The van der Waals surface area contributed by atoms with Crippen molar-refractivity contribution in [3.05, 3.63) is 22.8 Å². The van der Waals surface area contributed by atoms with Gasteiger partial charge in [0.15, 0.2) is 0 Å². The summed E-state index contributed by atoms with van der Waals surface area (Å²) in [5.41, 5.74) is 5.50. The summed E-state index contributed by atoms with van der Waals surface area (Å²) in [7, 11) is 0. The zero-order chi connectivity index (χ0) is 17.1. The van der Waals surface area contributed by atoms with Gasteiger partial charge in [-0.3, -0.25) is 0 Å². The number of halogens is 1. The zero-order valence-corrected chi connectivity index (χ0v) is 16.3. The van der Waals surface area contributed by atoms with E-state index in [1.54, 1.807) is 11.1 Å². The Morgan fingerprint density at radius 2 is 1.79 bits per heavy atom. The first-order valence-electron chi connectivity index (χ1n) is 10.0. The predicted molar refractivity (Wildman–Crippen MR) is 101 cm³/mol. The Hall–Kier alpha value is -0.270. The van der Waals surface area contributed by atoms with Crippen LogP contribution in [-0.4, -0.2) is 17.1 Å². The number of alkyl halides is 1.